The fraction of sp³-hybridized carbons (Fsp3) is 0.250. The van der Waals surface area contributed by atoms with Crippen LogP contribution in [0.4, 0.5) is 11.4 Å². The summed E-state index contributed by atoms with van der Waals surface area (Å²) in [7, 11) is 0. The molecule has 1 aliphatic heterocycles. The van der Waals surface area contributed by atoms with Crippen molar-refractivity contribution in [1.82, 2.24) is 0 Å². The molecule has 0 fully saturated rings. The number of ether oxygens (including phenoxy) is 1. The van der Waals surface area contributed by atoms with E-state index in [-0.39, 0.29) is 16.7 Å². The third-order valence-electron chi connectivity index (χ3n) is 3.79. The Morgan fingerprint density at radius 2 is 2.05 bits per heavy atom. The third kappa shape index (κ3) is 2.54. The first-order chi connectivity index (χ1) is 10.2. The Balaban J connectivity index is 1.92. The predicted molar refractivity (Wildman–Crippen MR) is 80.8 cm³/mol. The molecule has 1 heterocycles. The first kappa shape index (κ1) is 13.4. The fourth-order valence-electron chi connectivity index (χ4n) is 2.66. The van der Waals surface area contributed by atoms with Gasteiger partial charge in [-0.15, -0.1) is 0 Å². The SMILES string of the molecule is Cc1c(NC2CCOc3ccccc32)cccc1[N+](=O)[O-]. The van der Waals surface area contributed by atoms with E-state index in [1.807, 2.05) is 30.3 Å². The summed E-state index contributed by atoms with van der Waals surface area (Å²) in [5, 5.41) is 14.4. The van der Waals surface area contributed by atoms with Gasteiger partial charge in [-0.2, -0.15) is 0 Å². The minimum Gasteiger partial charge on any atom is -0.493 e. The maximum atomic E-state index is 11.0. The number of nitrogens with one attached hydrogen (secondary N) is 1. The van der Waals surface area contributed by atoms with E-state index in [1.54, 1.807) is 13.0 Å². The summed E-state index contributed by atoms with van der Waals surface area (Å²) >= 11 is 0. The third-order valence-corrected chi connectivity index (χ3v) is 3.79. The van der Waals surface area contributed by atoms with Crippen molar-refractivity contribution >= 4 is 11.4 Å². The lowest BCUT2D eigenvalue weighted by Gasteiger charge is -2.27. The van der Waals surface area contributed by atoms with Crippen molar-refractivity contribution in [3.05, 3.63) is 63.7 Å². The molecule has 0 amide bonds. The van der Waals surface area contributed by atoms with Gasteiger partial charge in [0, 0.05) is 29.3 Å². The van der Waals surface area contributed by atoms with Crippen LogP contribution >= 0.6 is 0 Å². The quantitative estimate of drug-likeness (QED) is 0.687. The van der Waals surface area contributed by atoms with Crippen molar-refractivity contribution in [3.8, 4) is 5.75 Å². The molecule has 3 rings (SSSR count). The maximum absolute atomic E-state index is 11.0. The summed E-state index contributed by atoms with van der Waals surface area (Å²) in [5.74, 6) is 0.879. The molecule has 0 saturated heterocycles. The molecule has 5 nitrogen and oxygen atoms in total. The fourth-order valence-corrected chi connectivity index (χ4v) is 2.66. The summed E-state index contributed by atoms with van der Waals surface area (Å²) in [5.41, 5.74) is 2.69. The highest BCUT2D eigenvalue weighted by molar-refractivity contribution is 5.61. The Morgan fingerprint density at radius 3 is 2.86 bits per heavy atom. The Hall–Kier alpha value is -2.56. The lowest BCUT2D eigenvalue weighted by molar-refractivity contribution is -0.385. The van der Waals surface area contributed by atoms with Gasteiger partial charge in [0.1, 0.15) is 5.75 Å². The number of hydrogen-bond acceptors (Lipinski definition) is 4. The van der Waals surface area contributed by atoms with Crippen LogP contribution in [0.2, 0.25) is 0 Å². The molecule has 0 saturated carbocycles. The normalized spacial score (nSPS) is 16.7. The van der Waals surface area contributed by atoms with Crippen molar-refractivity contribution in [1.29, 1.82) is 0 Å². The molecule has 108 valence electrons. The summed E-state index contributed by atoms with van der Waals surface area (Å²) in [4.78, 5) is 10.7. The molecule has 2 aromatic rings. The molecule has 21 heavy (non-hydrogen) atoms. The van der Waals surface area contributed by atoms with Gasteiger partial charge in [-0.05, 0) is 19.1 Å². The second kappa shape index (κ2) is 5.44. The van der Waals surface area contributed by atoms with Gasteiger partial charge in [0.25, 0.3) is 5.69 Å². The lowest BCUT2D eigenvalue weighted by atomic mass is 9.99. The molecule has 0 aliphatic carbocycles. The number of anilines is 1. The van der Waals surface area contributed by atoms with E-state index in [9.17, 15) is 10.1 Å². The van der Waals surface area contributed by atoms with Crippen LogP contribution in [-0.2, 0) is 0 Å². The number of fused-ring (bicyclic) bond motifs is 1. The molecule has 1 aliphatic rings. The van der Waals surface area contributed by atoms with E-state index >= 15 is 0 Å². The van der Waals surface area contributed by atoms with Crippen LogP contribution in [0.1, 0.15) is 23.6 Å². The van der Waals surface area contributed by atoms with Gasteiger partial charge in [-0.1, -0.05) is 24.3 Å². The topological polar surface area (TPSA) is 64.4 Å². The average molecular weight is 284 g/mol. The Kier molecular flexibility index (Phi) is 3.48. The van der Waals surface area contributed by atoms with Crippen LogP contribution in [-0.4, -0.2) is 11.5 Å². The first-order valence-electron chi connectivity index (χ1n) is 6.89. The highest BCUT2D eigenvalue weighted by Gasteiger charge is 2.22. The number of nitro groups is 1. The average Bonchev–Trinajstić information content (AvgIpc) is 2.49. The van der Waals surface area contributed by atoms with Gasteiger partial charge in [0.05, 0.1) is 17.6 Å². The number of rotatable bonds is 3. The van der Waals surface area contributed by atoms with Gasteiger partial charge in [-0.25, -0.2) is 0 Å². The van der Waals surface area contributed by atoms with Crippen molar-refractivity contribution < 1.29 is 9.66 Å². The van der Waals surface area contributed by atoms with Crippen LogP contribution < -0.4 is 10.1 Å². The van der Waals surface area contributed by atoms with Gasteiger partial charge >= 0.3 is 0 Å². The molecule has 0 radical (unpaired) electrons. The van der Waals surface area contributed by atoms with E-state index in [0.717, 1.165) is 23.4 Å². The molecule has 0 aromatic heterocycles. The predicted octanol–water partition coefficient (Wildman–Crippen LogP) is 3.84. The van der Waals surface area contributed by atoms with Crippen molar-refractivity contribution in [2.24, 2.45) is 0 Å². The van der Waals surface area contributed by atoms with Crippen LogP contribution in [0.3, 0.4) is 0 Å². The number of nitro benzene ring substituents is 1. The van der Waals surface area contributed by atoms with Crippen LogP contribution in [0.5, 0.6) is 5.75 Å². The zero-order chi connectivity index (χ0) is 14.8. The largest absolute Gasteiger partial charge is 0.493 e. The maximum Gasteiger partial charge on any atom is 0.274 e. The lowest BCUT2D eigenvalue weighted by Crippen LogP contribution is -2.20. The number of para-hydroxylation sites is 1. The smallest absolute Gasteiger partial charge is 0.274 e. The van der Waals surface area contributed by atoms with Crippen LogP contribution in [0.25, 0.3) is 0 Å². The Morgan fingerprint density at radius 1 is 1.24 bits per heavy atom. The summed E-state index contributed by atoms with van der Waals surface area (Å²) in [6, 6.07) is 13.1. The first-order valence-corrected chi connectivity index (χ1v) is 6.89. The minimum absolute atomic E-state index is 0.107. The standard InChI is InChI=1S/C16H16N2O3/c1-11-13(6-4-7-15(11)18(19)20)17-14-9-10-21-16-8-3-2-5-12(14)16/h2-8,14,17H,9-10H2,1H3. The highest BCUT2D eigenvalue weighted by atomic mass is 16.6. The minimum atomic E-state index is -0.349. The summed E-state index contributed by atoms with van der Waals surface area (Å²) in [6.45, 7) is 2.41. The molecular formula is C16H16N2O3. The Labute approximate surface area is 122 Å². The van der Waals surface area contributed by atoms with Gasteiger partial charge in [-0.3, -0.25) is 10.1 Å². The molecule has 5 heteroatoms. The summed E-state index contributed by atoms with van der Waals surface area (Å²) < 4.78 is 5.64. The van der Waals surface area contributed by atoms with Crippen LogP contribution in [0.15, 0.2) is 42.5 Å². The van der Waals surface area contributed by atoms with E-state index in [2.05, 4.69) is 5.32 Å². The van der Waals surface area contributed by atoms with Crippen molar-refractivity contribution in [3.63, 3.8) is 0 Å². The second-order valence-corrected chi connectivity index (χ2v) is 5.08. The van der Waals surface area contributed by atoms with Crippen molar-refractivity contribution in [2.75, 3.05) is 11.9 Å². The number of nitrogens with zero attached hydrogens (tertiary/aromatic N) is 1. The van der Waals surface area contributed by atoms with Gasteiger partial charge in [0.2, 0.25) is 0 Å². The summed E-state index contributed by atoms with van der Waals surface area (Å²) in [6.07, 6.45) is 0.832. The van der Waals surface area contributed by atoms with E-state index in [1.165, 1.54) is 6.07 Å². The number of hydrogen-bond donors (Lipinski definition) is 1. The van der Waals surface area contributed by atoms with E-state index < -0.39 is 0 Å². The second-order valence-electron chi connectivity index (χ2n) is 5.08. The molecular weight excluding hydrogens is 268 g/mol. The molecule has 1 N–H and O–H groups in total. The van der Waals surface area contributed by atoms with E-state index in [0.29, 0.717) is 12.2 Å². The molecule has 0 spiro atoms. The van der Waals surface area contributed by atoms with Gasteiger partial charge in [0.15, 0.2) is 0 Å². The number of benzene rings is 2. The van der Waals surface area contributed by atoms with E-state index in [4.69, 9.17) is 4.74 Å². The molecule has 2 aromatic carbocycles. The zero-order valence-electron chi connectivity index (χ0n) is 11.7. The Bertz CT molecular complexity index is 685. The highest BCUT2D eigenvalue weighted by Crippen LogP contribution is 2.35. The molecule has 0 bridgehead atoms. The molecule has 1 atom stereocenters. The monoisotopic (exact) mass is 284 g/mol. The van der Waals surface area contributed by atoms with Crippen LogP contribution in [0, 0.1) is 17.0 Å². The zero-order valence-corrected chi connectivity index (χ0v) is 11.7. The molecule has 1 unspecified atom stereocenters. The van der Waals surface area contributed by atoms with Gasteiger partial charge < -0.3 is 10.1 Å². The van der Waals surface area contributed by atoms with Crippen molar-refractivity contribution in [2.45, 2.75) is 19.4 Å².